The molecule has 1 heterocycles. The zero-order valence-corrected chi connectivity index (χ0v) is 18.3. The summed E-state index contributed by atoms with van der Waals surface area (Å²) < 4.78 is 0. The Morgan fingerprint density at radius 2 is 2.00 bits per heavy atom. The van der Waals surface area contributed by atoms with Crippen LogP contribution in [0.1, 0.15) is 32.3 Å². The number of hydrogen-bond acceptors (Lipinski definition) is 3. The highest BCUT2D eigenvalue weighted by Crippen LogP contribution is 2.20. The van der Waals surface area contributed by atoms with E-state index in [1.165, 1.54) is 5.56 Å². The topological polar surface area (TPSA) is 68.8 Å². The van der Waals surface area contributed by atoms with Crippen LogP contribution in [0.3, 0.4) is 0 Å². The number of benzene rings is 1. The number of nitrogens with zero attached hydrogens (tertiary/aromatic N) is 2. The Labute approximate surface area is 174 Å². The molecule has 2 unspecified atom stereocenters. The van der Waals surface area contributed by atoms with Gasteiger partial charge < -0.3 is 16.0 Å². The highest BCUT2D eigenvalue weighted by Gasteiger charge is 2.29. The van der Waals surface area contributed by atoms with Gasteiger partial charge in [-0.25, -0.2) is 0 Å². The molecule has 26 heavy (non-hydrogen) atoms. The van der Waals surface area contributed by atoms with Gasteiger partial charge in [0.05, 0.1) is 6.54 Å². The SMILES string of the molecule is CCCNC(=O)CNC(=NC)NC1CC(C)N(Cc2ccccc2)C1.I. The van der Waals surface area contributed by atoms with Crippen LogP contribution in [-0.2, 0) is 11.3 Å². The Morgan fingerprint density at radius 1 is 1.27 bits per heavy atom. The van der Waals surface area contributed by atoms with E-state index in [0.29, 0.717) is 24.6 Å². The lowest BCUT2D eigenvalue weighted by Gasteiger charge is -2.21. The fourth-order valence-corrected chi connectivity index (χ4v) is 3.12. The van der Waals surface area contributed by atoms with Crippen molar-refractivity contribution in [3.8, 4) is 0 Å². The number of likely N-dealkylation sites (tertiary alicyclic amines) is 1. The molecule has 1 aliphatic rings. The van der Waals surface area contributed by atoms with Crippen LogP contribution >= 0.6 is 24.0 Å². The van der Waals surface area contributed by atoms with Gasteiger partial charge in [0.1, 0.15) is 0 Å². The standard InChI is InChI=1S/C19H31N5O.HI/c1-4-10-21-18(25)12-22-19(20-3)23-17-11-15(2)24(14-17)13-16-8-6-5-7-9-16;/h5-9,15,17H,4,10-14H2,1-3H3,(H,21,25)(H2,20,22,23);1H. The van der Waals surface area contributed by atoms with Crippen LogP contribution in [0, 0.1) is 0 Å². The summed E-state index contributed by atoms with van der Waals surface area (Å²) in [6, 6.07) is 11.4. The zero-order chi connectivity index (χ0) is 18.1. The van der Waals surface area contributed by atoms with E-state index < -0.39 is 0 Å². The predicted octanol–water partition coefficient (Wildman–Crippen LogP) is 1.96. The average molecular weight is 473 g/mol. The largest absolute Gasteiger partial charge is 0.355 e. The first-order chi connectivity index (χ1) is 12.1. The van der Waals surface area contributed by atoms with Gasteiger partial charge in [-0.1, -0.05) is 37.3 Å². The van der Waals surface area contributed by atoms with E-state index in [-0.39, 0.29) is 36.4 Å². The number of rotatable bonds is 7. The molecule has 0 aromatic heterocycles. The normalized spacial score (nSPS) is 20.3. The number of guanidine groups is 1. The monoisotopic (exact) mass is 473 g/mol. The van der Waals surface area contributed by atoms with Crippen LogP contribution in [0.15, 0.2) is 35.3 Å². The quantitative estimate of drug-likeness (QED) is 0.322. The first kappa shape index (κ1) is 22.7. The Bertz CT molecular complexity index is 566. The molecule has 146 valence electrons. The minimum atomic E-state index is -0.00436. The van der Waals surface area contributed by atoms with Crippen molar-refractivity contribution in [3.63, 3.8) is 0 Å². The summed E-state index contributed by atoms with van der Waals surface area (Å²) in [6.45, 7) is 7.19. The van der Waals surface area contributed by atoms with Crippen molar-refractivity contribution >= 4 is 35.8 Å². The van der Waals surface area contributed by atoms with Gasteiger partial charge in [-0.05, 0) is 25.3 Å². The number of hydrogen-bond donors (Lipinski definition) is 3. The Balaban J connectivity index is 0.00000338. The summed E-state index contributed by atoms with van der Waals surface area (Å²) in [5.74, 6) is 0.681. The van der Waals surface area contributed by atoms with Gasteiger partial charge >= 0.3 is 0 Å². The Hall–Kier alpha value is -1.35. The summed E-state index contributed by atoms with van der Waals surface area (Å²) in [5.41, 5.74) is 1.34. The lowest BCUT2D eigenvalue weighted by Crippen LogP contribution is -2.47. The van der Waals surface area contributed by atoms with Crippen LogP contribution in [-0.4, -0.2) is 55.5 Å². The molecule has 0 radical (unpaired) electrons. The molecule has 1 fully saturated rings. The summed E-state index contributed by atoms with van der Waals surface area (Å²) in [4.78, 5) is 18.4. The van der Waals surface area contributed by atoms with E-state index in [2.05, 4.69) is 57.0 Å². The van der Waals surface area contributed by atoms with E-state index in [1.807, 2.05) is 13.0 Å². The fraction of sp³-hybridized carbons (Fsp3) is 0.579. The van der Waals surface area contributed by atoms with Crippen molar-refractivity contribution in [1.82, 2.24) is 20.9 Å². The molecule has 0 aliphatic carbocycles. The molecular formula is C19H32IN5O. The van der Waals surface area contributed by atoms with E-state index in [9.17, 15) is 4.79 Å². The third-order valence-corrected chi connectivity index (χ3v) is 4.49. The molecule has 1 aliphatic heterocycles. The maximum atomic E-state index is 11.7. The Kier molecular flexibility index (Phi) is 10.6. The molecule has 0 saturated carbocycles. The molecule has 1 aromatic carbocycles. The molecule has 1 saturated heterocycles. The van der Waals surface area contributed by atoms with E-state index in [1.54, 1.807) is 7.05 Å². The van der Waals surface area contributed by atoms with Gasteiger partial charge in [-0.3, -0.25) is 14.7 Å². The number of nitrogens with one attached hydrogen (secondary N) is 3. The van der Waals surface area contributed by atoms with Crippen molar-refractivity contribution in [1.29, 1.82) is 0 Å². The second kappa shape index (κ2) is 12.1. The third kappa shape index (κ3) is 7.49. The lowest BCUT2D eigenvalue weighted by molar-refractivity contribution is -0.120. The summed E-state index contributed by atoms with van der Waals surface area (Å²) in [7, 11) is 1.74. The van der Waals surface area contributed by atoms with Gasteiger partial charge in [0.15, 0.2) is 5.96 Å². The van der Waals surface area contributed by atoms with Gasteiger partial charge in [-0.2, -0.15) is 0 Å². The summed E-state index contributed by atoms with van der Waals surface area (Å²) in [6.07, 6.45) is 2.01. The maximum Gasteiger partial charge on any atom is 0.239 e. The van der Waals surface area contributed by atoms with Crippen LogP contribution < -0.4 is 16.0 Å². The second-order valence-electron chi connectivity index (χ2n) is 6.62. The number of carbonyl (C=O) groups excluding carboxylic acids is 1. The molecular weight excluding hydrogens is 441 g/mol. The van der Waals surface area contributed by atoms with Crippen molar-refractivity contribution in [2.45, 2.75) is 45.3 Å². The molecule has 1 aromatic rings. The van der Waals surface area contributed by atoms with Crippen LogP contribution in [0.2, 0.25) is 0 Å². The van der Waals surface area contributed by atoms with Crippen LogP contribution in [0.4, 0.5) is 0 Å². The molecule has 2 atom stereocenters. The summed E-state index contributed by atoms with van der Waals surface area (Å²) in [5, 5.41) is 9.39. The highest BCUT2D eigenvalue weighted by atomic mass is 127. The van der Waals surface area contributed by atoms with Crippen molar-refractivity contribution in [3.05, 3.63) is 35.9 Å². The Morgan fingerprint density at radius 3 is 2.65 bits per heavy atom. The minimum absolute atomic E-state index is 0. The first-order valence-corrected chi connectivity index (χ1v) is 9.14. The number of amides is 1. The van der Waals surface area contributed by atoms with Gasteiger partial charge in [0.25, 0.3) is 0 Å². The van der Waals surface area contributed by atoms with Crippen molar-refractivity contribution < 1.29 is 4.79 Å². The molecule has 1 amide bonds. The molecule has 7 heteroatoms. The highest BCUT2D eigenvalue weighted by molar-refractivity contribution is 14.0. The molecule has 0 bridgehead atoms. The van der Waals surface area contributed by atoms with Crippen molar-refractivity contribution in [2.24, 2.45) is 4.99 Å². The van der Waals surface area contributed by atoms with Crippen molar-refractivity contribution in [2.75, 3.05) is 26.7 Å². The minimum Gasteiger partial charge on any atom is -0.355 e. The van der Waals surface area contributed by atoms with Gasteiger partial charge in [0, 0.05) is 38.8 Å². The predicted molar refractivity (Wildman–Crippen MR) is 118 cm³/mol. The molecule has 6 nitrogen and oxygen atoms in total. The van der Waals surface area contributed by atoms with Gasteiger partial charge in [0.2, 0.25) is 5.91 Å². The zero-order valence-electron chi connectivity index (χ0n) is 16.0. The van der Waals surface area contributed by atoms with E-state index in [4.69, 9.17) is 0 Å². The van der Waals surface area contributed by atoms with Crippen LogP contribution in [0.25, 0.3) is 0 Å². The molecule has 3 N–H and O–H groups in total. The van der Waals surface area contributed by atoms with Gasteiger partial charge in [-0.15, -0.1) is 24.0 Å². The third-order valence-electron chi connectivity index (χ3n) is 4.49. The van der Waals surface area contributed by atoms with E-state index in [0.717, 1.165) is 25.9 Å². The number of carbonyl (C=O) groups is 1. The average Bonchev–Trinajstić information content (AvgIpc) is 2.96. The summed E-state index contributed by atoms with van der Waals surface area (Å²) >= 11 is 0. The molecule has 2 rings (SSSR count). The fourth-order valence-electron chi connectivity index (χ4n) is 3.12. The molecule has 0 spiro atoms. The van der Waals surface area contributed by atoms with E-state index >= 15 is 0 Å². The second-order valence-corrected chi connectivity index (χ2v) is 6.62. The maximum absolute atomic E-state index is 11.7. The number of aliphatic imine (C=N–C) groups is 1. The first-order valence-electron chi connectivity index (χ1n) is 9.14. The lowest BCUT2D eigenvalue weighted by atomic mass is 10.2. The smallest absolute Gasteiger partial charge is 0.239 e. The van der Waals surface area contributed by atoms with Crippen LogP contribution in [0.5, 0.6) is 0 Å². The number of halogens is 1.